The van der Waals surface area contributed by atoms with Crippen LogP contribution in [0.2, 0.25) is 0 Å². The fourth-order valence-electron chi connectivity index (χ4n) is 7.27. The average Bonchev–Trinajstić information content (AvgIpc) is 3.48. The lowest BCUT2D eigenvalue weighted by Gasteiger charge is -2.32. The van der Waals surface area contributed by atoms with Crippen LogP contribution in [0.5, 0.6) is 0 Å². The van der Waals surface area contributed by atoms with Crippen LogP contribution in [0.25, 0.3) is 0 Å². The van der Waals surface area contributed by atoms with Crippen LogP contribution in [0.4, 0.5) is 0 Å². The number of allylic oxidation sites excluding steroid dienone is 2. The largest absolute Gasteiger partial charge is 0.481 e. The number of rotatable bonds is 17. The minimum atomic E-state index is -0.945. The maximum absolute atomic E-state index is 11.7. The van der Waals surface area contributed by atoms with Gasteiger partial charge in [-0.2, -0.15) is 0 Å². The zero-order valence-electron chi connectivity index (χ0n) is 28.2. The Kier molecular flexibility index (Phi) is 16.5. The molecule has 0 spiro atoms. The third-order valence-corrected chi connectivity index (χ3v) is 9.99. The normalized spacial score (nSPS) is 23.9. The van der Waals surface area contributed by atoms with Crippen LogP contribution < -0.4 is 5.32 Å². The molecule has 3 rings (SSSR count). The molecule has 7 heteroatoms. The van der Waals surface area contributed by atoms with Crippen LogP contribution in [-0.2, 0) is 11.2 Å². The van der Waals surface area contributed by atoms with Crippen molar-refractivity contribution >= 4 is 5.97 Å². The summed E-state index contributed by atoms with van der Waals surface area (Å²) >= 11 is 0. The van der Waals surface area contributed by atoms with Crippen molar-refractivity contribution in [2.45, 2.75) is 153 Å². The highest BCUT2D eigenvalue weighted by atomic mass is 16.4. The van der Waals surface area contributed by atoms with Gasteiger partial charge in [-0.25, -0.2) is 0 Å². The molecule has 0 aromatic heterocycles. The molecule has 0 amide bonds. The van der Waals surface area contributed by atoms with E-state index in [1.165, 1.54) is 0 Å². The van der Waals surface area contributed by atoms with Gasteiger partial charge >= 0.3 is 5.97 Å². The molecule has 256 valence electrons. The number of hydrogen-bond donors (Lipinski definition) is 6. The molecular weight excluding hydrogens is 578 g/mol. The number of carboxylic acid groups (broad SMARTS) is 1. The number of aliphatic hydroxyl groups is 4. The van der Waals surface area contributed by atoms with E-state index < -0.39 is 24.3 Å². The van der Waals surface area contributed by atoms with Crippen molar-refractivity contribution < 1.29 is 30.3 Å². The number of carboxylic acids is 1. The summed E-state index contributed by atoms with van der Waals surface area (Å²) in [4.78, 5) is 11.7. The molecule has 0 unspecified atom stereocenters. The molecule has 7 nitrogen and oxygen atoms in total. The maximum atomic E-state index is 11.7. The fourth-order valence-corrected chi connectivity index (χ4v) is 7.27. The van der Waals surface area contributed by atoms with E-state index in [-0.39, 0.29) is 36.9 Å². The van der Waals surface area contributed by atoms with E-state index in [4.69, 9.17) is 0 Å². The zero-order valence-corrected chi connectivity index (χ0v) is 28.2. The highest BCUT2D eigenvalue weighted by molar-refractivity contribution is 5.67. The van der Waals surface area contributed by atoms with Gasteiger partial charge in [-0.3, -0.25) is 4.79 Å². The lowest BCUT2D eigenvalue weighted by atomic mass is 9.77. The Labute approximate surface area is 277 Å². The number of nitrogens with one attached hydrogen (secondary N) is 1. The zero-order chi connectivity index (χ0) is 33.4. The summed E-state index contributed by atoms with van der Waals surface area (Å²) in [5.41, 5.74) is 3.97. The molecule has 1 aliphatic heterocycles. The molecule has 0 saturated heterocycles. The van der Waals surface area contributed by atoms with Gasteiger partial charge < -0.3 is 30.8 Å². The number of aliphatic hydroxyl groups excluding tert-OH is 4. The van der Waals surface area contributed by atoms with E-state index in [0.717, 1.165) is 99.3 Å². The average molecular weight is 638 g/mol. The minimum Gasteiger partial charge on any atom is -0.481 e. The predicted molar refractivity (Wildman–Crippen MR) is 184 cm³/mol. The van der Waals surface area contributed by atoms with Crippen LogP contribution in [0.15, 0.2) is 47.6 Å². The van der Waals surface area contributed by atoms with Gasteiger partial charge in [0.2, 0.25) is 0 Å². The molecule has 6 N–H and O–H groups in total. The lowest BCUT2D eigenvalue weighted by molar-refractivity contribution is -0.139. The number of hydrogen-bond acceptors (Lipinski definition) is 6. The molecule has 0 radical (unpaired) electrons. The van der Waals surface area contributed by atoms with E-state index >= 15 is 0 Å². The van der Waals surface area contributed by atoms with Crippen molar-refractivity contribution in [3.63, 3.8) is 0 Å². The molecular formula is C39H59NO6. The Balaban J connectivity index is 2.00. The third kappa shape index (κ3) is 12.6. The smallest absolute Gasteiger partial charge is 0.303 e. The monoisotopic (exact) mass is 637 g/mol. The molecule has 1 saturated carbocycles. The summed E-state index contributed by atoms with van der Waals surface area (Å²) in [5, 5.41) is 55.7. The summed E-state index contributed by atoms with van der Waals surface area (Å²) in [6, 6.07) is 7.60. The second kappa shape index (κ2) is 20.0. The Bertz CT molecular complexity index is 1190. The molecule has 46 heavy (non-hydrogen) atoms. The van der Waals surface area contributed by atoms with Gasteiger partial charge in [-0.15, -0.1) is 0 Å². The lowest BCUT2D eigenvalue weighted by Crippen LogP contribution is -2.46. The van der Waals surface area contributed by atoms with Crippen LogP contribution in [0, 0.1) is 17.3 Å². The standard InChI is InChI=1S/C39H59NO6/c1-3-4-5-16-33(43)22-21-32-20-19-31-14-7-6-13-30(31)15-12-18-36(29(2)42)40-37(35(32)26-34(44)28-41)17-8-9-23-39(27-38(45)46)24-10-11-25-39/h6-7,13-14,21-22,29,33-34,36-37,40-44H,3-5,8-11,16-20,23-28H2,1-2H3,(H,45,46)/b22-21+,35-32+/t29-,33-,34-,36+,37+/m0/s1. The summed E-state index contributed by atoms with van der Waals surface area (Å²) in [6.07, 6.45) is 15.3. The molecule has 1 aliphatic carbocycles. The molecule has 1 aromatic rings. The van der Waals surface area contributed by atoms with Crippen LogP contribution in [0.1, 0.15) is 128 Å². The highest BCUT2D eigenvalue weighted by Crippen LogP contribution is 2.45. The molecule has 0 bridgehead atoms. The van der Waals surface area contributed by atoms with Crippen LogP contribution >= 0.6 is 0 Å². The van der Waals surface area contributed by atoms with Gasteiger partial charge in [-0.05, 0) is 86.5 Å². The Morgan fingerprint density at radius 2 is 1.85 bits per heavy atom. The van der Waals surface area contributed by atoms with Gasteiger partial charge in [0.05, 0.1) is 31.3 Å². The Morgan fingerprint density at radius 3 is 2.54 bits per heavy atom. The van der Waals surface area contributed by atoms with Gasteiger partial charge in [0, 0.05) is 24.1 Å². The third-order valence-electron chi connectivity index (χ3n) is 9.99. The number of aryl methyl sites for hydroxylation is 1. The topological polar surface area (TPSA) is 130 Å². The first-order valence-electron chi connectivity index (χ1n) is 17.8. The van der Waals surface area contributed by atoms with Gasteiger partial charge in [0.15, 0.2) is 0 Å². The Hall–Kier alpha value is -2.47. The first-order chi connectivity index (χ1) is 22.2. The number of benzene rings is 1. The van der Waals surface area contributed by atoms with Crippen molar-refractivity contribution in [1.82, 2.24) is 5.32 Å². The second-order valence-corrected chi connectivity index (χ2v) is 13.8. The fraction of sp³-hybridized carbons (Fsp3) is 0.667. The van der Waals surface area contributed by atoms with Crippen molar-refractivity contribution in [2.75, 3.05) is 6.61 Å². The van der Waals surface area contributed by atoms with E-state index in [0.29, 0.717) is 19.3 Å². The van der Waals surface area contributed by atoms with Crippen molar-refractivity contribution in [2.24, 2.45) is 5.41 Å². The number of aliphatic carboxylic acids is 1. The predicted octanol–water partition coefficient (Wildman–Crippen LogP) is 6.21. The first-order valence-corrected chi connectivity index (χ1v) is 17.8. The SMILES string of the molecule is CCCCC[C@H](O)/C=C/C1=C(\C[C@H](O)CO)[C@@H](CCCCC2(CC(=O)O)CCCC2)N[C@@H]([C@H](C)O)CC#Cc2ccccc2CC1. The van der Waals surface area contributed by atoms with E-state index in [9.17, 15) is 30.3 Å². The first kappa shape index (κ1) is 38.0. The highest BCUT2D eigenvalue weighted by Gasteiger charge is 2.35. The summed E-state index contributed by atoms with van der Waals surface area (Å²) in [7, 11) is 0. The minimum absolute atomic E-state index is 0.121. The molecule has 1 fully saturated rings. The van der Waals surface area contributed by atoms with Gasteiger partial charge in [-0.1, -0.05) is 94.1 Å². The summed E-state index contributed by atoms with van der Waals surface area (Å²) < 4.78 is 0. The van der Waals surface area contributed by atoms with Crippen LogP contribution in [0.3, 0.4) is 0 Å². The van der Waals surface area contributed by atoms with Crippen molar-refractivity contribution in [1.29, 1.82) is 0 Å². The Morgan fingerprint density at radius 1 is 1.09 bits per heavy atom. The quantitative estimate of drug-likeness (QED) is 0.0884. The van der Waals surface area contributed by atoms with Gasteiger partial charge in [0.25, 0.3) is 0 Å². The van der Waals surface area contributed by atoms with Crippen molar-refractivity contribution in [3.8, 4) is 11.8 Å². The number of fused-ring (bicyclic) bond motifs is 1. The molecule has 1 heterocycles. The molecule has 2 aliphatic rings. The van der Waals surface area contributed by atoms with E-state index in [1.807, 2.05) is 30.4 Å². The summed E-state index contributed by atoms with van der Waals surface area (Å²) in [5.74, 6) is 5.91. The summed E-state index contributed by atoms with van der Waals surface area (Å²) in [6.45, 7) is 3.55. The molecule has 1 aromatic carbocycles. The van der Waals surface area contributed by atoms with Crippen molar-refractivity contribution in [3.05, 3.63) is 58.7 Å². The van der Waals surface area contributed by atoms with E-state index in [2.05, 4.69) is 30.1 Å². The van der Waals surface area contributed by atoms with Crippen LogP contribution in [-0.4, -0.2) is 68.5 Å². The maximum Gasteiger partial charge on any atom is 0.303 e. The number of carbonyl (C=O) groups is 1. The number of unbranched alkanes of at least 4 members (excludes halogenated alkanes) is 3. The molecule has 5 atom stereocenters. The van der Waals surface area contributed by atoms with Gasteiger partial charge in [0.1, 0.15) is 0 Å². The van der Waals surface area contributed by atoms with E-state index in [1.54, 1.807) is 6.92 Å². The second-order valence-electron chi connectivity index (χ2n) is 13.8.